The Hall–Kier alpha value is -4.87. The van der Waals surface area contributed by atoms with Gasteiger partial charge in [-0.05, 0) is 86.1 Å². The zero-order chi connectivity index (χ0) is 29.7. The van der Waals surface area contributed by atoms with Crippen LogP contribution in [0.25, 0.3) is 11.4 Å². The Balaban J connectivity index is 1.72. The van der Waals surface area contributed by atoms with Gasteiger partial charge >= 0.3 is 0 Å². The molecule has 0 spiro atoms. The molecule has 1 heterocycles. The number of hydrogen-bond donors (Lipinski definition) is 1. The molecule has 41 heavy (non-hydrogen) atoms. The number of benzene rings is 3. The van der Waals surface area contributed by atoms with Gasteiger partial charge in [0.25, 0.3) is 5.91 Å². The molecule has 214 valence electrons. The van der Waals surface area contributed by atoms with Gasteiger partial charge in [0.2, 0.25) is 11.7 Å². The van der Waals surface area contributed by atoms with E-state index in [4.69, 9.17) is 9.47 Å². The maximum Gasteiger partial charge on any atom is 0.251 e. The Kier molecular flexibility index (Phi) is 8.60. The molecule has 10 nitrogen and oxygen atoms in total. The van der Waals surface area contributed by atoms with Crippen molar-refractivity contribution in [2.45, 2.75) is 38.9 Å². The molecule has 0 aliphatic heterocycles. The van der Waals surface area contributed by atoms with Crippen molar-refractivity contribution in [1.82, 2.24) is 25.5 Å². The molecule has 1 unspecified atom stereocenters. The molecule has 0 fully saturated rings. The Bertz CT molecular complexity index is 1520. The molecule has 0 aliphatic carbocycles. The quantitative estimate of drug-likeness (QED) is 0.322. The lowest BCUT2D eigenvalue weighted by Crippen LogP contribution is -2.50. The second kappa shape index (κ2) is 12.1. The number of tetrazole rings is 1. The van der Waals surface area contributed by atoms with Crippen LogP contribution in [0.3, 0.4) is 0 Å². The molecular weight excluding hydrogens is 534 g/mol. The van der Waals surface area contributed by atoms with Crippen molar-refractivity contribution >= 4 is 17.5 Å². The van der Waals surface area contributed by atoms with Crippen LogP contribution in [-0.2, 0) is 16.1 Å². The zero-order valence-corrected chi connectivity index (χ0v) is 23.3. The molecule has 4 rings (SSSR count). The summed E-state index contributed by atoms with van der Waals surface area (Å²) in [6, 6.07) is 14.3. The van der Waals surface area contributed by atoms with Gasteiger partial charge in [-0.1, -0.05) is 12.1 Å². The van der Waals surface area contributed by atoms with Crippen LogP contribution in [0.4, 0.5) is 14.5 Å². The summed E-state index contributed by atoms with van der Waals surface area (Å²) in [5, 5.41) is 15.3. The summed E-state index contributed by atoms with van der Waals surface area (Å²) < 4.78 is 38.2. The number of amides is 2. The van der Waals surface area contributed by atoms with Gasteiger partial charge in [0, 0.05) is 16.8 Å². The van der Waals surface area contributed by atoms with Gasteiger partial charge in [0.15, 0.2) is 11.5 Å². The van der Waals surface area contributed by atoms with Crippen molar-refractivity contribution in [3.05, 3.63) is 83.9 Å². The van der Waals surface area contributed by atoms with E-state index in [1.807, 2.05) is 0 Å². The second-order valence-corrected chi connectivity index (χ2v) is 10.1. The number of methoxy groups -OCH3 is 2. The van der Waals surface area contributed by atoms with Crippen LogP contribution in [0.2, 0.25) is 0 Å². The van der Waals surface area contributed by atoms with E-state index < -0.39 is 41.6 Å². The lowest BCUT2D eigenvalue weighted by Gasteiger charge is -2.33. The Morgan fingerprint density at radius 1 is 0.927 bits per heavy atom. The highest BCUT2D eigenvalue weighted by Gasteiger charge is 2.35. The van der Waals surface area contributed by atoms with Crippen LogP contribution in [0.15, 0.2) is 66.7 Å². The highest BCUT2D eigenvalue weighted by atomic mass is 19.1. The number of rotatable bonds is 9. The van der Waals surface area contributed by atoms with Gasteiger partial charge in [0.05, 0.1) is 14.2 Å². The van der Waals surface area contributed by atoms with E-state index in [9.17, 15) is 18.4 Å². The first-order valence-electron chi connectivity index (χ1n) is 12.6. The van der Waals surface area contributed by atoms with Crippen LogP contribution in [-0.4, -0.2) is 51.8 Å². The van der Waals surface area contributed by atoms with E-state index in [1.54, 1.807) is 39.0 Å². The normalized spacial score (nSPS) is 12.0. The predicted octanol–water partition coefficient (Wildman–Crippen LogP) is 4.32. The molecule has 12 heteroatoms. The molecule has 4 aromatic rings. The van der Waals surface area contributed by atoms with Gasteiger partial charge in [-0.15, -0.1) is 10.2 Å². The Labute approximate surface area is 235 Å². The van der Waals surface area contributed by atoms with Gasteiger partial charge < -0.3 is 14.8 Å². The van der Waals surface area contributed by atoms with Gasteiger partial charge in [0.1, 0.15) is 24.2 Å². The average Bonchev–Trinajstić information content (AvgIpc) is 3.40. The Morgan fingerprint density at radius 2 is 1.54 bits per heavy atom. The third-order valence-electron chi connectivity index (χ3n) is 5.94. The van der Waals surface area contributed by atoms with E-state index in [0.29, 0.717) is 22.6 Å². The fourth-order valence-electron chi connectivity index (χ4n) is 4.14. The molecule has 0 saturated heterocycles. The van der Waals surface area contributed by atoms with Crippen molar-refractivity contribution in [2.75, 3.05) is 19.1 Å². The molecule has 1 aromatic heterocycles. The summed E-state index contributed by atoms with van der Waals surface area (Å²) in [4.78, 5) is 29.8. The maximum absolute atomic E-state index is 13.9. The zero-order valence-electron chi connectivity index (χ0n) is 23.3. The molecule has 0 saturated carbocycles. The number of carbonyl (C=O) groups is 2. The number of nitrogens with zero attached hydrogens (tertiary/aromatic N) is 5. The van der Waals surface area contributed by atoms with Crippen molar-refractivity contribution in [2.24, 2.45) is 0 Å². The minimum Gasteiger partial charge on any atom is -0.493 e. The molecular formula is C29H30F2N6O4. The topological polar surface area (TPSA) is 111 Å². The van der Waals surface area contributed by atoms with E-state index >= 15 is 0 Å². The van der Waals surface area contributed by atoms with Crippen molar-refractivity contribution in [3.63, 3.8) is 0 Å². The van der Waals surface area contributed by atoms with E-state index in [0.717, 1.165) is 4.80 Å². The van der Waals surface area contributed by atoms with Crippen LogP contribution in [0.1, 0.15) is 32.4 Å². The highest BCUT2D eigenvalue weighted by Crippen LogP contribution is 2.32. The number of ether oxygens (including phenoxy) is 2. The van der Waals surface area contributed by atoms with Crippen LogP contribution >= 0.6 is 0 Å². The standard InChI is InChI=1S/C29H30F2N6O4/c1-29(2,3)32-28(39)26(18-6-9-20(30)10-7-18)37(22-13-11-21(31)12-14-22)25(38)17-36-34-27(33-35-36)19-8-15-23(40-4)24(16-19)41-5/h6-16,26H,17H2,1-5H3,(H,32,39). The van der Waals surface area contributed by atoms with Crippen LogP contribution in [0.5, 0.6) is 11.5 Å². The summed E-state index contributed by atoms with van der Waals surface area (Å²) in [5.74, 6) is -0.909. The van der Waals surface area contributed by atoms with Gasteiger partial charge in [-0.25, -0.2) is 8.78 Å². The first kappa shape index (κ1) is 29.1. The molecule has 0 aliphatic rings. The number of aromatic nitrogens is 4. The molecule has 3 aromatic carbocycles. The number of nitrogens with one attached hydrogen (secondary N) is 1. The Morgan fingerprint density at radius 3 is 2.12 bits per heavy atom. The smallest absolute Gasteiger partial charge is 0.251 e. The van der Waals surface area contributed by atoms with Gasteiger partial charge in [-0.3, -0.25) is 14.5 Å². The molecule has 1 N–H and O–H groups in total. The first-order valence-corrected chi connectivity index (χ1v) is 12.6. The number of carbonyl (C=O) groups excluding carboxylic acids is 2. The summed E-state index contributed by atoms with van der Waals surface area (Å²) in [6.07, 6.45) is 0. The minimum absolute atomic E-state index is 0.229. The summed E-state index contributed by atoms with van der Waals surface area (Å²) in [5.41, 5.74) is 0.526. The van der Waals surface area contributed by atoms with Crippen molar-refractivity contribution < 1.29 is 27.8 Å². The van der Waals surface area contributed by atoms with Crippen molar-refractivity contribution in [3.8, 4) is 22.9 Å². The first-order chi connectivity index (χ1) is 19.5. The number of anilines is 1. The highest BCUT2D eigenvalue weighted by molar-refractivity contribution is 6.01. The third-order valence-corrected chi connectivity index (χ3v) is 5.94. The van der Waals surface area contributed by atoms with Crippen LogP contribution < -0.4 is 19.7 Å². The van der Waals surface area contributed by atoms with E-state index in [-0.39, 0.29) is 11.5 Å². The lowest BCUT2D eigenvalue weighted by atomic mass is 10.0. The monoisotopic (exact) mass is 564 g/mol. The minimum atomic E-state index is -1.22. The van der Waals surface area contributed by atoms with Gasteiger partial charge in [-0.2, -0.15) is 4.80 Å². The van der Waals surface area contributed by atoms with E-state index in [2.05, 4.69) is 20.7 Å². The fourth-order valence-corrected chi connectivity index (χ4v) is 4.14. The molecule has 0 radical (unpaired) electrons. The SMILES string of the molecule is COc1ccc(-c2nnn(CC(=O)N(c3ccc(F)cc3)C(C(=O)NC(C)(C)C)c3ccc(F)cc3)n2)cc1OC. The van der Waals surface area contributed by atoms with E-state index in [1.165, 1.54) is 67.7 Å². The molecule has 0 bridgehead atoms. The summed E-state index contributed by atoms with van der Waals surface area (Å²) in [6.45, 7) is 4.99. The summed E-state index contributed by atoms with van der Waals surface area (Å²) in [7, 11) is 3.02. The lowest BCUT2D eigenvalue weighted by molar-refractivity contribution is -0.128. The predicted molar refractivity (Wildman–Crippen MR) is 147 cm³/mol. The van der Waals surface area contributed by atoms with Crippen molar-refractivity contribution in [1.29, 1.82) is 0 Å². The van der Waals surface area contributed by atoms with Crippen LogP contribution in [0, 0.1) is 11.6 Å². The average molecular weight is 565 g/mol. The molecule has 1 atom stereocenters. The number of hydrogen-bond acceptors (Lipinski definition) is 7. The molecule has 2 amide bonds. The third kappa shape index (κ3) is 7.02. The number of halogens is 2. The fraction of sp³-hybridized carbons (Fsp3) is 0.276. The maximum atomic E-state index is 13.9. The second-order valence-electron chi connectivity index (χ2n) is 10.1. The largest absolute Gasteiger partial charge is 0.493 e. The summed E-state index contributed by atoms with van der Waals surface area (Å²) >= 11 is 0.